The topological polar surface area (TPSA) is 78.3 Å². The number of nitrogens with two attached hydrogens (primary N) is 1. The molecule has 0 saturated heterocycles. The molecule has 0 aliphatic rings. The Kier molecular flexibility index (Phi) is 3.14. The lowest BCUT2D eigenvalue weighted by molar-refractivity contribution is 0.328. The van der Waals surface area contributed by atoms with Crippen LogP contribution in [0.15, 0.2) is 24.3 Å². The summed E-state index contributed by atoms with van der Waals surface area (Å²) in [4.78, 5) is 0.802. The Morgan fingerprint density at radius 1 is 1.26 bits per heavy atom. The van der Waals surface area contributed by atoms with Gasteiger partial charge in [-0.1, -0.05) is 11.3 Å². The molecule has 0 saturated carbocycles. The normalized spacial score (nSPS) is 11.1. The molecule has 0 bridgehead atoms. The average molecular weight is 275 g/mol. The fourth-order valence-corrected chi connectivity index (χ4v) is 2.59. The fraction of sp³-hybridized carbons (Fsp3) is 0.250. The molecule has 19 heavy (non-hydrogen) atoms. The second-order valence-electron chi connectivity index (χ2n) is 4.01. The Morgan fingerprint density at radius 2 is 2.05 bits per heavy atom. The molecule has 0 unspecified atom stereocenters. The van der Waals surface area contributed by atoms with Gasteiger partial charge in [-0.3, -0.25) is 0 Å². The van der Waals surface area contributed by atoms with E-state index >= 15 is 0 Å². The van der Waals surface area contributed by atoms with Gasteiger partial charge in [-0.25, -0.2) is 0 Å². The third-order valence-corrected chi connectivity index (χ3v) is 3.58. The van der Waals surface area contributed by atoms with Crippen molar-refractivity contribution in [3.8, 4) is 16.3 Å². The largest absolute Gasteiger partial charge is 0.492 e. The smallest absolute Gasteiger partial charge is 0.234 e. The zero-order chi connectivity index (χ0) is 13.2. The Hall–Kier alpha value is -1.99. The molecule has 98 valence electrons. The van der Waals surface area contributed by atoms with Crippen LogP contribution in [0.3, 0.4) is 0 Å². The van der Waals surface area contributed by atoms with Crippen LogP contribution in [0.25, 0.3) is 15.5 Å². The third-order valence-electron chi connectivity index (χ3n) is 2.63. The number of ether oxygens (including phenoxy) is 1. The van der Waals surface area contributed by atoms with Gasteiger partial charge in [0.25, 0.3) is 0 Å². The van der Waals surface area contributed by atoms with Crippen LogP contribution < -0.4 is 10.5 Å². The molecule has 0 atom stereocenters. The molecule has 0 aliphatic heterocycles. The highest BCUT2D eigenvalue weighted by atomic mass is 32.1. The predicted octanol–water partition coefficient (Wildman–Crippen LogP) is 1.50. The van der Waals surface area contributed by atoms with Crippen LogP contribution >= 0.6 is 11.3 Å². The number of benzene rings is 1. The van der Waals surface area contributed by atoms with E-state index in [1.165, 1.54) is 11.3 Å². The van der Waals surface area contributed by atoms with Gasteiger partial charge >= 0.3 is 0 Å². The predicted molar refractivity (Wildman–Crippen MR) is 73.4 cm³/mol. The zero-order valence-electron chi connectivity index (χ0n) is 10.4. The molecule has 0 spiro atoms. The van der Waals surface area contributed by atoms with Gasteiger partial charge in [-0.2, -0.15) is 9.61 Å². The Balaban J connectivity index is 1.88. The van der Waals surface area contributed by atoms with Crippen molar-refractivity contribution in [1.29, 1.82) is 0 Å². The van der Waals surface area contributed by atoms with E-state index in [1.807, 2.05) is 31.2 Å². The Bertz CT molecular complexity index is 688. The minimum absolute atomic E-state index is 0.512. The first-order chi connectivity index (χ1) is 9.28. The highest BCUT2D eigenvalue weighted by Crippen LogP contribution is 2.26. The molecular weight excluding hydrogens is 262 g/mol. The van der Waals surface area contributed by atoms with E-state index in [9.17, 15) is 0 Å². The molecule has 1 aromatic carbocycles. The van der Waals surface area contributed by atoms with Gasteiger partial charge in [0.05, 0.1) is 0 Å². The van der Waals surface area contributed by atoms with E-state index in [1.54, 1.807) is 4.52 Å². The SMILES string of the molecule is Cc1nnc2sc(-c3ccc(OCCN)cc3)nn12. The highest BCUT2D eigenvalue weighted by Gasteiger charge is 2.10. The van der Waals surface area contributed by atoms with Crippen LogP contribution in [-0.4, -0.2) is 33.0 Å². The summed E-state index contributed by atoms with van der Waals surface area (Å²) in [7, 11) is 0. The number of hydrogen-bond acceptors (Lipinski definition) is 6. The van der Waals surface area contributed by atoms with Crippen LogP contribution in [0.4, 0.5) is 0 Å². The number of aryl methyl sites for hydroxylation is 1. The molecule has 3 aromatic rings. The minimum atomic E-state index is 0.512. The Morgan fingerprint density at radius 3 is 2.74 bits per heavy atom. The van der Waals surface area contributed by atoms with Gasteiger partial charge in [-0.05, 0) is 31.2 Å². The summed E-state index contributed by atoms with van der Waals surface area (Å²) in [5, 5.41) is 13.4. The molecule has 0 amide bonds. The first kappa shape index (κ1) is 12.1. The van der Waals surface area contributed by atoms with E-state index < -0.39 is 0 Å². The maximum atomic E-state index is 5.44. The average Bonchev–Trinajstić information content (AvgIpc) is 3.00. The first-order valence-corrected chi connectivity index (χ1v) is 6.72. The van der Waals surface area contributed by atoms with Crippen LogP contribution in [0.5, 0.6) is 5.75 Å². The summed E-state index contributed by atoms with van der Waals surface area (Å²) in [6.45, 7) is 2.92. The molecule has 0 aliphatic carbocycles. The quantitative estimate of drug-likeness (QED) is 0.780. The van der Waals surface area contributed by atoms with Crippen molar-refractivity contribution in [2.24, 2.45) is 5.73 Å². The number of hydrogen-bond donors (Lipinski definition) is 1. The van der Waals surface area contributed by atoms with Gasteiger partial charge in [0, 0.05) is 12.1 Å². The summed E-state index contributed by atoms with van der Waals surface area (Å²) in [6, 6.07) is 7.79. The minimum Gasteiger partial charge on any atom is -0.492 e. The molecule has 7 heteroatoms. The lowest BCUT2D eigenvalue weighted by Crippen LogP contribution is -2.10. The van der Waals surface area contributed by atoms with Crippen LogP contribution in [0.2, 0.25) is 0 Å². The maximum absolute atomic E-state index is 5.44. The molecule has 2 N–H and O–H groups in total. The van der Waals surface area contributed by atoms with Crippen LogP contribution in [0, 0.1) is 6.92 Å². The van der Waals surface area contributed by atoms with Gasteiger partial charge in [-0.15, -0.1) is 10.2 Å². The monoisotopic (exact) mass is 275 g/mol. The van der Waals surface area contributed by atoms with E-state index in [0.717, 1.165) is 27.1 Å². The third kappa shape index (κ3) is 2.29. The number of fused-ring (bicyclic) bond motifs is 1. The zero-order valence-corrected chi connectivity index (χ0v) is 11.2. The first-order valence-electron chi connectivity index (χ1n) is 5.90. The standard InChI is InChI=1S/C12H13N5OS/c1-8-14-15-12-17(8)16-11(19-12)9-2-4-10(5-3-9)18-7-6-13/h2-5H,6-7,13H2,1H3. The second-order valence-corrected chi connectivity index (χ2v) is 4.97. The molecule has 2 heterocycles. The maximum Gasteiger partial charge on any atom is 0.234 e. The van der Waals surface area contributed by atoms with Crippen LogP contribution in [-0.2, 0) is 0 Å². The Labute approximate surface area is 113 Å². The molecule has 2 aromatic heterocycles. The fourth-order valence-electron chi connectivity index (χ4n) is 1.70. The van der Waals surface area contributed by atoms with Gasteiger partial charge in [0.1, 0.15) is 17.4 Å². The van der Waals surface area contributed by atoms with Gasteiger partial charge < -0.3 is 10.5 Å². The molecule has 3 rings (SSSR count). The van der Waals surface area contributed by atoms with Crippen molar-refractivity contribution < 1.29 is 4.74 Å². The van der Waals surface area contributed by atoms with Gasteiger partial charge in [0.2, 0.25) is 4.96 Å². The number of aromatic nitrogens is 4. The summed E-state index contributed by atoms with van der Waals surface area (Å²) in [6.07, 6.45) is 0. The van der Waals surface area contributed by atoms with Crippen molar-refractivity contribution in [3.05, 3.63) is 30.1 Å². The van der Waals surface area contributed by atoms with Crippen molar-refractivity contribution in [2.75, 3.05) is 13.2 Å². The number of nitrogens with zero attached hydrogens (tertiary/aromatic N) is 4. The summed E-state index contributed by atoms with van der Waals surface area (Å²) in [5.74, 6) is 1.61. The summed E-state index contributed by atoms with van der Waals surface area (Å²) < 4.78 is 7.19. The molecule has 0 radical (unpaired) electrons. The van der Waals surface area contributed by atoms with Crippen molar-refractivity contribution in [1.82, 2.24) is 19.8 Å². The van der Waals surface area contributed by atoms with Crippen molar-refractivity contribution in [2.45, 2.75) is 6.92 Å². The second kappa shape index (κ2) is 4.94. The van der Waals surface area contributed by atoms with Gasteiger partial charge in [0.15, 0.2) is 5.82 Å². The molecule has 6 nitrogen and oxygen atoms in total. The lowest BCUT2D eigenvalue weighted by Gasteiger charge is -2.04. The highest BCUT2D eigenvalue weighted by molar-refractivity contribution is 7.19. The van der Waals surface area contributed by atoms with E-state index in [4.69, 9.17) is 10.5 Å². The van der Waals surface area contributed by atoms with Crippen molar-refractivity contribution in [3.63, 3.8) is 0 Å². The van der Waals surface area contributed by atoms with Crippen molar-refractivity contribution >= 4 is 16.3 Å². The lowest BCUT2D eigenvalue weighted by atomic mass is 10.2. The number of rotatable bonds is 4. The van der Waals surface area contributed by atoms with E-state index in [0.29, 0.717) is 13.2 Å². The van der Waals surface area contributed by atoms with E-state index in [-0.39, 0.29) is 0 Å². The summed E-state index contributed by atoms with van der Waals surface area (Å²) >= 11 is 1.51. The molecular formula is C12H13N5OS. The van der Waals surface area contributed by atoms with E-state index in [2.05, 4.69) is 15.3 Å². The summed E-state index contributed by atoms with van der Waals surface area (Å²) in [5.41, 5.74) is 6.43. The molecule has 0 fully saturated rings. The van der Waals surface area contributed by atoms with Crippen LogP contribution in [0.1, 0.15) is 5.82 Å².